The lowest BCUT2D eigenvalue weighted by atomic mass is 10.0. The van der Waals surface area contributed by atoms with Crippen LogP contribution in [0.25, 0.3) is 0 Å². The van der Waals surface area contributed by atoms with Gasteiger partial charge < -0.3 is 10.1 Å². The van der Waals surface area contributed by atoms with E-state index in [0.29, 0.717) is 24.7 Å². The fourth-order valence-corrected chi connectivity index (χ4v) is 6.66. The summed E-state index contributed by atoms with van der Waals surface area (Å²) in [6.07, 6.45) is 6.46. The minimum atomic E-state index is -3.73. The molecule has 0 fully saturated rings. The maximum Gasteiger partial charge on any atom is 0.241 e. The molecule has 0 saturated carbocycles. The Hall–Kier alpha value is -1.82. The van der Waals surface area contributed by atoms with Crippen LogP contribution in [0, 0.1) is 20.8 Å². The van der Waals surface area contributed by atoms with Crippen LogP contribution in [0.15, 0.2) is 70.7 Å². The van der Waals surface area contributed by atoms with Crippen molar-refractivity contribution in [3.05, 3.63) is 88.0 Å². The first kappa shape index (κ1) is 26.8. The van der Waals surface area contributed by atoms with Crippen LogP contribution in [0.5, 0.6) is 0 Å². The average molecular weight is 501 g/mol. The van der Waals surface area contributed by atoms with Gasteiger partial charge in [0, 0.05) is 12.3 Å². The minimum absolute atomic E-state index is 0.216. The van der Waals surface area contributed by atoms with E-state index in [9.17, 15) is 8.42 Å². The Labute approximate surface area is 207 Å². The third kappa shape index (κ3) is 7.34. The first-order chi connectivity index (χ1) is 16.2. The fourth-order valence-electron chi connectivity index (χ4n) is 4.34. The summed E-state index contributed by atoms with van der Waals surface area (Å²) in [5.41, 5.74) is 6.17. The van der Waals surface area contributed by atoms with Gasteiger partial charge in [0.25, 0.3) is 0 Å². The van der Waals surface area contributed by atoms with Crippen LogP contribution in [-0.4, -0.2) is 34.0 Å². The van der Waals surface area contributed by atoms with E-state index in [2.05, 4.69) is 38.4 Å². The summed E-state index contributed by atoms with van der Waals surface area (Å²) < 4.78 is 35.7. The first-order valence-corrected chi connectivity index (χ1v) is 13.9. The van der Waals surface area contributed by atoms with Gasteiger partial charge in [-0.15, -0.1) is 9.24 Å². The molecule has 1 aliphatic carbocycles. The molecule has 3 atom stereocenters. The van der Waals surface area contributed by atoms with E-state index < -0.39 is 16.1 Å². The number of ether oxygens (including phenoxy) is 1. The zero-order valence-electron chi connectivity index (χ0n) is 20.6. The van der Waals surface area contributed by atoms with Crippen LogP contribution < -0.4 is 10.0 Å². The summed E-state index contributed by atoms with van der Waals surface area (Å²) in [7, 11) is -0.984. The summed E-state index contributed by atoms with van der Waals surface area (Å²) in [5, 5.41) is 3.42. The zero-order valence-corrected chi connectivity index (χ0v) is 22.6. The second-order valence-corrected chi connectivity index (χ2v) is 11.5. The monoisotopic (exact) mass is 500 g/mol. The predicted molar refractivity (Wildman–Crippen MR) is 144 cm³/mol. The van der Waals surface area contributed by atoms with Crippen LogP contribution in [0.3, 0.4) is 0 Å². The van der Waals surface area contributed by atoms with Crippen LogP contribution in [-0.2, 0) is 14.8 Å². The second kappa shape index (κ2) is 12.2. The molecule has 34 heavy (non-hydrogen) atoms. The normalized spacial score (nSPS) is 16.0. The molecule has 0 bridgehead atoms. The number of aryl methyl sites for hydroxylation is 3. The highest BCUT2D eigenvalue weighted by Gasteiger charge is 2.28. The summed E-state index contributed by atoms with van der Waals surface area (Å²) in [5.74, 6) is -0.216. The van der Waals surface area contributed by atoms with E-state index in [1.54, 1.807) is 0 Å². The molecule has 1 unspecified atom stereocenters. The predicted octanol–water partition coefficient (Wildman–Crippen LogP) is 5.11. The summed E-state index contributed by atoms with van der Waals surface area (Å²) in [6.45, 7) is 9.62. The molecule has 0 saturated heterocycles. The van der Waals surface area contributed by atoms with Gasteiger partial charge in [0.05, 0.1) is 24.2 Å². The maximum atomic E-state index is 13.5. The van der Waals surface area contributed by atoms with Gasteiger partial charge in [-0.2, -0.15) is 0 Å². The highest BCUT2D eigenvalue weighted by molar-refractivity contribution is 7.89. The Kier molecular flexibility index (Phi) is 9.64. The Morgan fingerprint density at radius 2 is 1.68 bits per heavy atom. The number of hydrogen-bond donors (Lipinski definition) is 2. The van der Waals surface area contributed by atoms with Crippen molar-refractivity contribution in [3.63, 3.8) is 0 Å². The molecule has 0 aromatic heterocycles. The molecular weight excluding hydrogens is 463 g/mol. The molecule has 2 aromatic rings. The van der Waals surface area contributed by atoms with E-state index in [4.69, 9.17) is 4.74 Å². The van der Waals surface area contributed by atoms with E-state index in [1.807, 2.05) is 63.2 Å². The van der Waals surface area contributed by atoms with Crippen molar-refractivity contribution in [2.75, 3.05) is 19.8 Å². The molecule has 0 spiro atoms. The van der Waals surface area contributed by atoms with Crippen molar-refractivity contribution in [2.24, 2.45) is 0 Å². The third-order valence-electron chi connectivity index (χ3n) is 6.01. The molecule has 7 heteroatoms. The molecule has 3 rings (SSSR count). The molecule has 5 nitrogen and oxygen atoms in total. The van der Waals surface area contributed by atoms with Crippen molar-refractivity contribution < 1.29 is 13.2 Å². The number of nitrogens with one attached hydrogen (secondary N) is 2. The number of sulfonamides is 1. The second-order valence-electron chi connectivity index (χ2n) is 9.09. The highest BCUT2D eigenvalue weighted by atomic mass is 32.2. The molecule has 0 amide bonds. The number of benzene rings is 2. The Bertz CT molecular complexity index is 1120. The Morgan fingerprint density at radius 1 is 1.00 bits per heavy atom. The van der Waals surface area contributed by atoms with Crippen LogP contribution in [0.2, 0.25) is 0 Å². The molecular formula is C27H37N2O3PS. The Balaban J connectivity index is 1.66. The van der Waals surface area contributed by atoms with Crippen molar-refractivity contribution in [1.29, 1.82) is 0 Å². The Morgan fingerprint density at radius 3 is 2.29 bits per heavy atom. The van der Waals surface area contributed by atoms with Crippen LogP contribution >= 0.6 is 9.24 Å². The first-order valence-electron chi connectivity index (χ1n) is 11.7. The third-order valence-corrected chi connectivity index (χ3v) is 8.38. The molecule has 0 radical (unpaired) electrons. The molecule has 2 aromatic carbocycles. The van der Waals surface area contributed by atoms with E-state index in [0.717, 1.165) is 35.1 Å². The van der Waals surface area contributed by atoms with Crippen LogP contribution in [0.1, 0.15) is 48.1 Å². The lowest BCUT2D eigenvalue weighted by Gasteiger charge is -2.27. The zero-order chi connectivity index (χ0) is 24.7. The van der Waals surface area contributed by atoms with Crippen molar-refractivity contribution in [3.8, 4) is 0 Å². The lowest BCUT2D eigenvalue weighted by Crippen LogP contribution is -2.42. The molecule has 184 valence electrons. The molecule has 0 aliphatic heterocycles. The molecule has 1 aliphatic rings. The largest absolute Gasteiger partial charge is 0.376 e. The number of allylic oxidation sites excluding steroid dienone is 3. The SMILES string of the molecule is CC1=CCC(COCCN[C@H](P)[C@H](NS(=O)(=O)c2c(C)cc(C)cc2C)c2ccccc2)=CC1. The van der Waals surface area contributed by atoms with Crippen molar-refractivity contribution >= 4 is 19.3 Å². The summed E-state index contributed by atoms with van der Waals surface area (Å²) >= 11 is 0. The minimum Gasteiger partial charge on any atom is -0.376 e. The summed E-state index contributed by atoms with van der Waals surface area (Å²) in [4.78, 5) is 0.351. The average Bonchev–Trinajstić information content (AvgIpc) is 2.78. The van der Waals surface area contributed by atoms with E-state index in [1.165, 1.54) is 11.1 Å². The standard InChI is InChI=1S/C27H37N2O3PS/c1-19-10-12-23(13-11-19)18-32-15-14-28-27(33)25(24-8-6-5-7-9-24)29-34(30,31)26-21(3)16-20(2)17-22(26)4/h5-10,13,16-17,25,27-29H,11-12,14-15,18,33H2,1-4H3/t25-,27-/m1/s1. The number of hydrogen-bond acceptors (Lipinski definition) is 4. The molecule has 2 N–H and O–H groups in total. The van der Waals surface area contributed by atoms with E-state index in [-0.39, 0.29) is 5.78 Å². The van der Waals surface area contributed by atoms with Gasteiger partial charge in [0.2, 0.25) is 10.0 Å². The van der Waals surface area contributed by atoms with E-state index >= 15 is 0 Å². The highest BCUT2D eigenvalue weighted by Crippen LogP contribution is 2.27. The maximum absolute atomic E-state index is 13.5. The quantitative estimate of drug-likeness (QED) is 0.256. The smallest absolute Gasteiger partial charge is 0.241 e. The van der Waals surface area contributed by atoms with Gasteiger partial charge in [-0.05, 0) is 62.8 Å². The number of rotatable bonds is 11. The van der Waals surface area contributed by atoms with Gasteiger partial charge in [0.1, 0.15) is 0 Å². The fraction of sp³-hybridized carbons (Fsp3) is 0.407. The van der Waals surface area contributed by atoms with Crippen molar-refractivity contribution in [1.82, 2.24) is 10.0 Å². The summed E-state index contributed by atoms with van der Waals surface area (Å²) in [6, 6.07) is 13.0. The lowest BCUT2D eigenvalue weighted by molar-refractivity contribution is 0.155. The topological polar surface area (TPSA) is 67.4 Å². The van der Waals surface area contributed by atoms with Gasteiger partial charge in [-0.1, -0.05) is 65.8 Å². The molecule has 0 heterocycles. The van der Waals surface area contributed by atoms with Crippen molar-refractivity contribution in [2.45, 2.75) is 57.3 Å². The van der Waals surface area contributed by atoms with Gasteiger partial charge in [-0.3, -0.25) is 0 Å². The van der Waals surface area contributed by atoms with Gasteiger partial charge >= 0.3 is 0 Å². The van der Waals surface area contributed by atoms with Gasteiger partial charge in [-0.25, -0.2) is 13.1 Å². The van der Waals surface area contributed by atoms with Crippen LogP contribution in [0.4, 0.5) is 0 Å². The van der Waals surface area contributed by atoms with Gasteiger partial charge in [0.15, 0.2) is 0 Å².